The van der Waals surface area contributed by atoms with Crippen LogP contribution in [0, 0.1) is 0 Å². The zero-order chi connectivity index (χ0) is 19.4. The Morgan fingerprint density at radius 3 is 2.18 bits per heavy atom. The van der Waals surface area contributed by atoms with Crippen LogP contribution in [0.5, 0.6) is 11.5 Å². The number of hydrogen-bond donors (Lipinski definition) is 1. The number of fused-ring (bicyclic) bond motifs is 2. The third kappa shape index (κ3) is 4.34. The summed E-state index contributed by atoms with van der Waals surface area (Å²) in [5.74, 6) is 1.53. The summed E-state index contributed by atoms with van der Waals surface area (Å²) in [6, 6.07) is 19.4. The molecule has 28 heavy (non-hydrogen) atoms. The lowest BCUT2D eigenvalue weighted by molar-refractivity contribution is -0.0655. The lowest BCUT2D eigenvalue weighted by Gasteiger charge is -2.44. The van der Waals surface area contributed by atoms with Crippen molar-refractivity contribution in [3.05, 3.63) is 60.2 Å². The second-order valence-electron chi connectivity index (χ2n) is 8.15. The summed E-state index contributed by atoms with van der Waals surface area (Å²) in [5.41, 5.74) is 0.736. The average molecular weight is 382 g/mol. The Kier molecular flexibility index (Phi) is 5.88. The maximum Gasteiger partial charge on any atom is 0.161 e. The second-order valence-corrected chi connectivity index (χ2v) is 8.15. The summed E-state index contributed by atoms with van der Waals surface area (Å²) in [5, 5.41) is 11.2. The van der Waals surface area contributed by atoms with Gasteiger partial charge < -0.3 is 14.6 Å². The molecule has 2 heterocycles. The van der Waals surface area contributed by atoms with E-state index in [1.807, 2.05) is 31.2 Å². The molecular weight excluding hydrogens is 350 g/mol. The summed E-state index contributed by atoms with van der Waals surface area (Å²) in [6.07, 6.45) is 4.72. The third-order valence-electron chi connectivity index (χ3n) is 6.18. The van der Waals surface area contributed by atoms with Gasteiger partial charge >= 0.3 is 0 Å². The lowest BCUT2D eigenvalue weighted by Crippen LogP contribution is -2.51. The monoisotopic (exact) mass is 381 g/mol. The summed E-state index contributed by atoms with van der Waals surface area (Å²) in [4.78, 5) is 2.61. The number of ether oxygens (including phenoxy) is 2. The van der Waals surface area contributed by atoms with Crippen LogP contribution >= 0.6 is 0 Å². The molecule has 150 valence electrons. The molecule has 2 aliphatic rings. The Morgan fingerprint density at radius 1 is 0.929 bits per heavy atom. The van der Waals surface area contributed by atoms with Gasteiger partial charge in [0, 0.05) is 25.0 Å². The number of piperidine rings is 1. The molecule has 0 radical (unpaired) electrons. The van der Waals surface area contributed by atoms with Crippen LogP contribution < -0.4 is 9.47 Å². The van der Waals surface area contributed by atoms with Gasteiger partial charge in [0.25, 0.3) is 0 Å². The molecule has 2 aromatic carbocycles. The van der Waals surface area contributed by atoms with Crippen LogP contribution in [0.2, 0.25) is 0 Å². The second kappa shape index (κ2) is 8.54. The molecule has 0 amide bonds. The molecule has 0 aromatic heterocycles. The molecule has 0 aliphatic carbocycles. The predicted octanol–water partition coefficient (Wildman–Crippen LogP) is 4.41. The van der Waals surface area contributed by atoms with Crippen molar-refractivity contribution in [1.82, 2.24) is 4.90 Å². The van der Waals surface area contributed by atoms with Gasteiger partial charge in [-0.25, -0.2) is 0 Å². The van der Waals surface area contributed by atoms with Gasteiger partial charge in [-0.15, -0.1) is 0 Å². The molecule has 2 atom stereocenters. The van der Waals surface area contributed by atoms with E-state index < -0.39 is 5.60 Å². The van der Waals surface area contributed by atoms with E-state index in [0.29, 0.717) is 31.7 Å². The fraction of sp³-hybridized carbons (Fsp3) is 0.500. The first-order chi connectivity index (χ1) is 13.7. The number of aliphatic hydroxyl groups is 1. The smallest absolute Gasteiger partial charge is 0.161 e. The van der Waals surface area contributed by atoms with Crippen molar-refractivity contribution in [2.24, 2.45) is 0 Å². The minimum Gasteiger partial charge on any atom is -0.490 e. The van der Waals surface area contributed by atoms with Gasteiger partial charge in [0.1, 0.15) is 0 Å². The minimum atomic E-state index is -0.625. The fourth-order valence-electron chi connectivity index (χ4n) is 4.87. The molecule has 4 nitrogen and oxygen atoms in total. The van der Waals surface area contributed by atoms with Gasteiger partial charge in [-0.1, -0.05) is 42.5 Å². The molecule has 2 unspecified atom stereocenters. The Bertz CT molecular complexity index is 749. The van der Waals surface area contributed by atoms with Crippen molar-refractivity contribution in [2.45, 2.75) is 63.3 Å². The van der Waals surface area contributed by atoms with Crippen molar-refractivity contribution in [3.63, 3.8) is 0 Å². The van der Waals surface area contributed by atoms with Crippen molar-refractivity contribution in [3.8, 4) is 11.5 Å². The predicted molar refractivity (Wildman–Crippen MR) is 111 cm³/mol. The Morgan fingerprint density at radius 2 is 1.54 bits per heavy atom. The minimum absolute atomic E-state index is 0.472. The van der Waals surface area contributed by atoms with Crippen molar-refractivity contribution >= 4 is 0 Å². The van der Waals surface area contributed by atoms with Gasteiger partial charge in [-0.05, 0) is 50.3 Å². The average Bonchev–Trinajstić information content (AvgIpc) is 2.94. The summed E-state index contributed by atoms with van der Waals surface area (Å²) >= 11 is 0. The van der Waals surface area contributed by atoms with E-state index in [0.717, 1.165) is 30.9 Å². The first-order valence-electron chi connectivity index (χ1n) is 10.5. The van der Waals surface area contributed by atoms with Gasteiger partial charge in [-0.3, -0.25) is 4.90 Å². The summed E-state index contributed by atoms with van der Waals surface area (Å²) in [6.45, 7) is 4.09. The van der Waals surface area contributed by atoms with Crippen LogP contribution in [-0.4, -0.2) is 40.9 Å². The van der Waals surface area contributed by atoms with Crippen molar-refractivity contribution < 1.29 is 14.6 Å². The first-order valence-corrected chi connectivity index (χ1v) is 10.5. The largest absolute Gasteiger partial charge is 0.490 e. The number of nitrogens with zero attached hydrogens (tertiary/aromatic N) is 1. The normalized spacial score (nSPS) is 26.9. The van der Waals surface area contributed by atoms with Gasteiger partial charge in [0.15, 0.2) is 11.5 Å². The molecule has 2 fully saturated rings. The molecule has 0 spiro atoms. The number of hydrogen-bond acceptors (Lipinski definition) is 4. The van der Waals surface area contributed by atoms with Crippen LogP contribution in [0.15, 0.2) is 54.6 Å². The highest BCUT2D eigenvalue weighted by Gasteiger charge is 2.47. The maximum atomic E-state index is 11.2. The van der Waals surface area contributed by atoms with Gasteiger partial charge in [0.05, 0.1) is 18.8 Å². The number of rotatable bonds is 8. The standard InChI is InChI=1S/C24H31NO3/c1-2-27-22-10-6-7-11-23(22)28-15-14-24(26)16-20-12-13-21(17-24)25(20)18-19-8-4-3-5-9-19/h3-11,20-21,26H,2,12-18H2,1H3. The van der Waals surface area contributed by atoms with Crippen LogP contribution in [0.25, 0.3) is 0 Å². The van der Waals surface area contributed by atoms with Crippen LogP contribution in [0.4, 0.5) is 0 Å². The summed E-state index contributed by atoms with van der Waals surface area (Å²) < 4.78 is 11.6. The summed E-state index contributed by atoms with van der Waals surface area (Å²) in [7, 11) is 0. The van der Waals surface area contributed by atoms with Crippen molar-refractivity contribution in [2.75, 3.05) is 13.2 Å². The zero-order valence-corrected chi connectivity index (χ0v) is 16.7. The molecule has 4 rings (SSSR count). The van der Waals surface area contributed by atoms with E-state index >= 15 is 0 Å². The van der Waals surface area contributed by atoms with Gasteiger partial charge in [0.2, 0.25) is 0 Å². The zero-order valence-electron chi connectivity index (χ0n) is 16.7. The molecule has 0 saturated carbocycles. The first kappa shape index (κ1) is 19.3. The topological polar surface area (TPSA) is 41.9 Å². The molecular formula is C24H31NO3. The maximum absolute atomic E-state index is 11.2. The quantitative estimate of drug-likeness (QED) is 0.735. The highest BCUT2D eigenvalue weighted by Crippen LogP contribution is 2.43. The third-order valence-corrected chi connectivity index (χ3v) is 6.18. The lowest BCUT2D eigenvalue weighted by atomic mass is 9.83. The van der Waals surface area contributed by atoms with Crippen LogP contribution in [-0.2, 0) is 6.54 Å². The Hall–Kier alpha value is -2.04. The highest BCUT2D eigenvalue weighted by molar-refractivity contribution is 5.39. The molecule has 2 aromatic rings. The van der Waals surface area contributed by atoms with Gasteiger partial charge in [-0.2, -0.15) is 0 Å². The Labute approximate surface area is 168 Å². The van der Waals surface area contributed by atoms with Crippen molar-refractivity contribution in [1.29, 1.82) is 0 Å². The number of benzene rings is 2. The van der Waals surface area contributed by atoms with E-state index in [9.17, 15) is 5.11 Å². The molecule has 2 aliphatic heterocycles. The van der Waals surface area contributed by atoms with Crippen LogP contribution in [0.1, 0.15) is 44.6 Å². The Balaban J connectivity index is 1.33. The van der Waals surface area contributed by atoms with E-state index in [-0.39, 0.29) is 0 Å². The van der Waals surface area contributed by atoms with E-state index in [4.69, 9.17) is 9.47 Å². The van der Waals surface area contributed by atoms with E-state index in [2.05, 4.69) is 35.2 Å². The van der Waals surface area contributed by atoms with E-state index in [1.165, 1.54) is 18.4 Å². The molecule has 4 heteroatoms. The molecule has 2 saturated heterocycles. The number of para-hydroxylation sites is 2. The van der Waals surface area contributed by atoms with Crippen LogP contribution in [0.3, 0.4) is 0 Å². The SMILES string of the molecule is CCOc1ccccc1OCCC1(O)CC2CCC(C1)N2Cc1ccccc1. The molecule has 2 bridgehead atoms. The van der Waals surface area contributed by atoms with E-state index in [1.54, 1.807) is 0 Å². The molecule has 1 N–H and O–H groups in total. The fourth-order valence-corrected chi connectivity index (χ4v) is 4.87. The highest BCUT2D eigenvalue weighted by atomic mass is 16.5.